The second-order valence-electron chi connectivity index (χ2n) is 7.34. The van der Waals surface area contributed by atoms with Crippen molar-refractivity contribution in [3.63, 3.8) is 0 Å². The van der Waals surface area contributed by atoms with Crippen LogP contribution in [0.25, 0.3) is 11.4 Å². The summed E-state index contributed by atoms with van der Waals surface area (Å²) < 4.78 is 13.1. The topological polar surface area (TPSA) is 110 Å². The van der Waals surface area contributed by atoms with Crippen LogP contribution in [-0.2, 0) is 11.3 Å². The van der Waals surface area contributed by atoms with Gasteiger partial charge in [-0.1, -0.05) is 30.7 Å². The van der Waals surface area contributed by atoms with Crippen LogP contribution in [-0.4, -0.2) is 40.3 Å². The van der Waals surface area contributed by atoms with Crippen molar-refractivity contribution < 1.29 is 19.1 Å². The summed E-state index contributed by atoms with van der Waals surface area (Å²) in [6.45, 7) is 4.84. The number of carbonyl (C=O) groups excluding carboxylic acids is 2. The number of hydrogen-bond acceptors (Lipinski definition) is 6. The molecule has 1 aromatic heterocycles. The molecule has 0 atom stereocenters. The van der Waals surface area contributed by atoms with Gasteiger partial charge in [0.2, 0.25) is 5.91 Å². The molecule has 0 aliphatic rings. The first-order valence-corrected chi connectivity index (χ1v) is 11.0. The fourth-order valence-corrected chi connectivity index (χ4v) is 3.37. The lowest BCUT2D eigenvalue weighted by molar-refractivity contribution is -0.122. The van der Waals surface area contributed by atoms with Crippen LogP contribution in [0.1, 0.15) is 35.7 Å². The molecule has 0 aliphatic carbocycles. The summed E-state index contributed by atoms with van der Waals surface area (Å²) in [4.78, 5) is 24.8. The summed E-state index contributed by atoms with van der Waals surface area (Å²) in [6, 6.07) is 12.7. The standard InChI is InChI=1S/C23H27N5O4S/c1-4-12-32-18-9-8-17(14-19(18)31-3)22(30)26-24-20(29)10-11-28-21(25-27-23(28)33)16-7-5-6-15(2)13-16/h5-9,13-14H,4,10-12H2,1-3H3,(H,24,29)(H,26,30)(H,27,33). The first-order chi connectivity index (χ1) is 15.9. The van der Waals surface area contributed by atoms with Gasteiger partial charge in [-0.3, -0.25) is 30.1 Å². The van der Waals surface area contributed by atoms with Crippen LogP contribution in [0.3, 0.4) is 0 Å². The van der Waals surface area contributed by atoms with E-state index in [0.29, 0.717) is 40.8 Å². The number of nitrogens with zero attached hydrogens (tertiary/aromatic N) is 2. The van der Waals surface area contributed by atoms with E-state index in [2.05, 4.69) is 21.0 Å². The Kier molecular flexibility index (Phi) is 8.20. The molecule has 0 fully saturated rings. The molecule has 3 aromatic rings. The van der Waals surface area contributed by atoms with Crippen LogP contribution in [0.4, 0.5) is 0 Å². The Bertz CT molecular complexity index is 1190. The summed E-state index contributed by atoms with van der Waals surface area (Å²) in [5.74, 6) is 0.820. The molecule has 9 nitrogen and oxygen atoms in total. The van der Waals surface area contributed by atoms with Gasteiger partial charge in [-0.2, -0.15) is 5.10 Å². The average molecular weight is 470 g/mol. The highest BCUT2D eigenvalue weighted by Crippen LogP contribution is 2.28. The number of hydrazine groups is 1. The van der Waals surface area contributed by atoms with Crippen LogP contribution < -0.4 is 20.3 Å². The minimum absolute atomic E-state index is 0.0973. The molecule has 0 bridgehead atoms. The van der Waals surface area contributed by atoms with Gasteiger partial charge in [0.15, 0.2) is 22.1 Å². The zero-order valence-electron chi connectivity index (χ0n) is 18.8. The van der Waals surface area contributed by atoms with Gasteiger partial charge in [0.25, 0.3) is 5.91 Å². The molecule has 0 saturated carbocycles. The lowest BCUT2D eigenvalue weighted by Crippen LogP contribution is -2.41. The number of methoxy groups -OCH3 is 1. The van der Waals surface area contributed by atoms with Crippen molar-refractivity contribution in [3.8, 4) is 22.9 Å². The van der Waals surface area contributed by atoms with Crippen molar-refractivity contribution in [1.29, 1.82) is 0 Å². The highest BCUT2D eigenvalue weighted by atomic mass is 32.1. The normalized spacial score (nSPS) is 10.5. The van der Waals surface area contributed by atoms with Gasteiger partial charge in [0.05, 0.1) is 13.7 Å². The van der Waals surface area contributed by atoms with E-state index in [9.17, 15) is 9.59 Å². The first kappa shape index (κ1) is 24.0. The van der Waals surface area contributed by atoms with Gasteiger partial charge in [-0.25, -0.2) is 0 Å². The molecule has 10 heteroatoms. The minimum Gasteiger partial charge on any atom is -0.493 e. The Morgan fingerprint density at radius 3 is 2.70 bits per heavy atom. The van der Waals surface area contributed by atoms with Crippen molar-refractivity contribution in [1.82, 2.24) is 25.6 Å². The van der Waals surface area contributed by atoms with Crippen molar-refractivity contribution >= 4 is 24.0 Å². The van der Waals surface area contributed by atoms with Crippen molar-refractivity contribution in [2.45, 2.75) is 33.2 Å². The Balaban J connectivity index is 1.58. The third-order valence-electron chi connectivity index (χ3n) is 4.80. The monoisotopic (exact) mass is 469 g/mol. The molecule has 0 unspecified atom stereocenters. The predicted octanol–water partition coefficient (Wildman–Crippen LogP) is 3.56. The van der Waals surface area contributed by atoms with Gasteiger partial charge in [-0.15, -0.1) is 0 Å². The minimum atomic E-state index is -0.468. The SMILES string of the molecule is CCCOc1ccc(C(=O)NNC(=O)CCn2c(-c3cccc(C)c3)n[nH]c2=S)cc1OC. The molecule has 3 rings (SSSR count). The smallest absolute Gasteiger partial charge is 0.269 e. The van der Waals surface area contributed by atoms with Crippen LogP contribution in [0.15, 0.2) is 42.5 Å². The second kappa shape index (κ2) is 11.3. The third-order valence-corrected chi connectivity index (χ3v) is 5.11. The number of benzene rings is 2. The third kappa shape index (κ3) is 6.19. The highest BCUT2D eigenvalue weighted by Gasteiger charge is 2.14. The van der Waals surface area contributed by atoms with Crippen molar-refractivity contribution in [2.24, 2.45) is 0 Å². The molecule has 174 valence electrons. The summed E-state index contributed by atoms with van der Waals surface area (Å²) in [7, 11) is 1.50. The molecule has 0 saturated heterocycles. The molecule has 1 heterocycles. The second-order valence-corrected chi connectivity index (χ2v) is 7.73. The van der Waals surface area contributed by atoms with E-state index in [-0.39, 0.29) is 12.3 Å². The van der Waals surface area contributed by atoms with E-state index in [1.807, 2.05) is 38.1 Å². The largest absolute Gasteiger partial charge is 0.493 e. The molecule has 0 aliphatic heterocycles. The zero-order valence-corrected chi connectivity index (χ0v) is 19.6. The van der Waals surface area contributed by atoms with Crippen LogP contribution in [0, 0.1) is 11.7 Å². The van der Waals surface area contributed by atoms with E-state index in [0.717, 1.165) is 17.5 Å². The predicted molar refractivity (Wildman–Crippen MR) is 127 cm³/mol. The number of ether oxygens (including phenoxy) is 2. The van der Waals surface area contributed by atoms with Gasteiger partial charge < -0.3 is 9.47 Å². The lowest BCUT2D eigenvalue weighted by atomic mass is 10.1. The molecule has 2 aromatic carbocycles. The van der Waals surface area contributed by atoms with Gasteiger partial charge in [-0.05, 0) is 49.8 Å². The number of aromatic amines is 1. The number of amides is 2. The number of H-pyrrole nitrogens is 1. The number of hydrogen-bond donors (Lipinski definition) is 3. The molecule has 0 radical (unpaired) electrons. The van der Waals surface area contributed by atoms with Crippen LogP contribution in [0.2, 0.25) is 0 Å². The Hall–Kier alpha value is -3.66. The highest BCUT2D eigenvalue weighted by molar-refractivity contribution is 7.71. The van der Waals surface area contributed by atoms with E-state index in [4.69, 9.17) is 21.7 Å². The number of rotatable bonds is 9. The maximum Gasteiger partial charge on any atom is 0.269 e. The quantitative estimate of drug-likeness (QED) is 0.326. The Labute approximate surface area is 197 Å². The Morgan fingerprint density at radius 1 is 1.15 bits per heavy atom. The van der Waals surface area contributed by atoms with E-state index >= 15 is 0 Å². The maximum absolute atomic E-state index is 12.4. The summed E-state index contributed by atoms with van der Waals surface area (Å²) in [5, 5.41) is 7.05. The molecular formula is C23H27N5O4S. The number of aryl methyl sites for hydroxylation is 1. The van der Waals surface area contributed by atoms with Crippen LogP contribution >= 0.6 is 12.2 Å². The van der Waals surface area contributed by atoms with E-state index in [1.54, 1.807) is 22.8 Å². The lowest BCUT2D eigenvalue weighted by Gasteiger charge is -2.12. The van der Waals surface area contributed by atoms with E-state index in [1.165, 1.54) is 7.11 Å². The molecule has 0 spiro atoms. The summed E-state index contributed by atoms with van der Waals surface area (Å²) >= 11 is 5.31. The number of carbonyl (C=O) groups is 2. The van der Waals surface area contributed by atoms with Crippen molar-refractivity contribution in [3.05, 3.63) is 58.4 Å². The number of nitrogens with one attached hydrogen (secondary N) is 3. The maximum atomic E-state index is 12.4. The summed E-state index contributed by atoms with van der Waals surface area (Å²) in [5.41, 5.74) is 7.17. The molecule has 2 amide bonds. The molecular weight excluding hydrogens is 442 g/mol. The van der Waals surface area contributed by atoms with Gasteiger partial charge >= 0.3 is 0 Å². The first-order valence-electron chi connectivity index (χ1n) is 10.5. The van der Waals surface area contributed by atoms with Crippen molar-refractivity contribution in [2.75, 3.05) is 13.7 Å². The summed E-state index contributed by atoms with van der Waals surface area (Å²) in [6.07, 6.45) is 0.952. The fraction of sp³-hybridized carbons (Fsp3) is 0.304. The van der Waals surface area contributed by atoms with E-state index < -0.39 is 5.91 Å². The van der Waals surface area contributed by atoms with Gasteiger partial charge in [0, 0.05) is 24.1 Å². The fourth-order valence-electron chi connectivity index (χ4n) is 3.14. The molecule has 3 N–H and O–H groups in total. The average Bonchev–Trinajstić information content (AvgIpc) is 3.19. The van der Waals surface area contributed by atoms with Crippen LogP contribution in [0.5, 0.6) is 11.5 Å². The van der Waals surface area contributed by atoms with Gasteiger partial charge in [0.1, 0.15) is 0 Å². The molecule has 33 heavy (non-hydrogen) atoms. The zero-order chi connectivity index (χ0) is 23.8. The Morgan fingerprint density at radius 2 is 1.97 bits per heavy atom. The number of aromatic nitrogens is 3.